The molecule has 1 unspecified atom stereocenters. The van der Waals surface area contributed by atoms with E-state index in [0.717, 1.165) is 5.56 Å². The fraction of sp³-hybridized carbons (Fsp3) is 0.462. The van der Waals surface area contributed by atoms with E-state index in [4.69, 9.17) is 5.11 Å². The summed E-state index contributed by atoms with van der Waals surface area (Å²) >= 11 is 1.28. The molecule has 20 heavy (non-hydrogen) atoms. The minimum atomic E-state index is -1.07. The Kier molecular flexibility index (Phi) is 5.69. The molecular weight excluding hydrogens is 280 g/mol. The van der Waals surface area contributed by atoms with E-state index in [1.165, 1.54) is 30.1 Å². The summed E-state index contributed by atoms with van der Waals surface area (Å²) in [6.45, 7) is 5.01. The van der Waals surface area contributed by atoms with Crippen LogP contribution in [0.15, 0.2) is 11.4 Å². The molecule has 1 aromatic heterocycles. The number of carboxylic acid groups (broad SMARTS) is 1. The van der Waals surface area contributed by atoms with Crippen molar-refractivity contribution in [3.05, 3.63) is 21.9 Å². The van der Waals surface area contributed by atoms with Crippen LogP contribution in [0, 0.1) is 6.92 Å². The zero-order valence-electron chi connectivity index (χ0n) is 11.7. The average molecular weight is 298 g/mol. The number of thiophene rings is 1. The van der Waals surface area contributed by atoms with Crippen LogP contribution in [0.4, 0.5) is 0 Å². The third-order valence-corrected chi connectivity index (χ3v) is 3.87. The molecule has 0 saturated carbocycles. The van der Waals surface area contributed by atoms with Crippen LogP contribution in [-0.4, -0.2) is 46.9 Å². The fourth-order valence-electron chi connectivity index (χ4n) is 1.68. The topological polar surface area (TPSA) is 86.7 Å². The Balaban J connectivity index is 2.87. The van der Waals surface area contributed by atoms with Crippen LogP contribution in [0.2, 0.25) is 0 Å². The van der Waals surface area contributed by atoms with E-state index in [2.05, 4.69) is 5.32 Å². The van der Waals surface area contributed by atoms with E-state index in [9.17, 15) is 14.4 Å². The molecule has 0 aliphatic rings. The number of carboxylic acids is 1. The molecule has 0 radical (unpaired) electrons. The molecular formula is C13H18N2O4S. The fourth-order valence-corrected chi connectivity index (χ4v) is 2.56. The van der Waals surface area contributed by atoms with Crippen molar-refractivity contribution in [2.24, 2.45) is 0 Å². The molecule has 1 heterocycles. The largest absolute Gasteiger partial charge is 0.480 e. The van der Waals surface area contributed by atoms with Crippen molar-refractivity contribution in [2.75, 3.05) is 13.1 Å². The van der Waals surface area contributed by atoms with E-state index < -0.39 is 12.0 Å². The quantitative estimate of drug-likeness (QED) is 0.823. The molecule has 0 spiro atoms. The van der Waals surface area contributed by atoms with Crippen LogP contribution in [0.5, 0.6) is 0 Å². The highest BCUT2D eigenvalue weighted by Crippen LogP contribution is 2.19. The van der Waals surface area contributed by atoms with Gasteiger partial charge in [-0.15, -0.1) is 11.3 Å². The molecule has 2 amide bonds. The smallest absolute Gasteiger partial charge is 0.326 e. The first kappa shape index (κ1) is 16.2. The number of aliphatic carboxylic acids is 1. The first-order valence-electron chi connectivity index (χ1n) is 6.17. The van der Waals surface area contributed by atoms with E-state index in [1.54, 1.807) is 12.3 Å². The Bertz CT molecular complexity index is 512. The number of carbonyl (C=O) groups is 3. The normalized spacial score (nSPS) is 11.8. The molecule has 0 aromatic carbocycles. The monoisotopic (exact) mass is 298 g/mol. The number of nitrogens with zero attached hydrogens (tertiary/aromatic N) is 1. The summed E-state index contributed by atoms with van der Waals surface area (Å²) in [5.41, 5.74) is 0.821. The molecule has 0 aliphatic carbocycles. The van der Waals surface area contributed by atoms with Crippen LogP contribution in [0.25, 0.3) is 0 Å². The Labute approximate surface area is 121 Å². The van der Waals surface area contributed by atoms with Crippen LogP contribution in [-0.2, 0) is 9.59 Å². The summed E-state index contributed by atoms with van der Waals surface area (Å²) in [4.78, 5) is 36.2. The molecule has 110 valence electrons. The van der Waals surface area contributed by atoms with Gasteiger partial charge >= 0.3 is 5.97 Å². The SMILES string of the molecule is CC(=O)NCCN(C(=O)c1sccc1C)C(C)C(=O)O. The van der Waals surface area contributed by atoms with Crippen LogP contribution < -0.4 is 5.32 Å². The Morgan fingerprint density at radius 2 is 2.10 bits per heavy atom. The summed E-state index contributed by atoms with van der Waals surface area (Å²) < 4.78 is 0. The zero-order valence-corrected chi connectivity index (χ0v) is 12.5. The first-order valence-corrected chi connectivity index (χ1v) is 7.05. The van der Waals surface area contributed by atoms with Gasteiger partial charge < -0.3 is 15.3 Å². The molecule has 0 bridgehead atoms. The van der Waals surface area contributed by atoms with Gasteiger partial charge in [0.2, 0.25) is 5.91 Å². The number of rotatable bonds is 6. The van der Waals surface area contributed by atoms with Gasteiger partial charge in [0.15, 0.2) is 0 Å². The van der Waals surface area contributed by atoms with Crippen molar-refractivity contribution in [1.82, 2.24) is 10.2 Å². The third kappa shape index (κ3) is 4.06. The number of nitrogens with one attached hydrogen (secondary N) is 1. The lowest BCUT2D eigenvalue weighted by molar-refractivity contribution is -0.141. The third-order valence-electron chi connectivity index (χ3n) is 2.87. The Hall–Kier alpha value is -1.89. The second-order valence-electron chi connectivity index (χ2n) is 4.43. The second-order valence-corrected chi connectivity index (χ2v) is 5.34. The summed E-state index contributed by atoms with van der Waals surface area (Å²) in [5, 5.41) is 13.5. The highest BCUT2D eigenvalue weighted by Gasteiger charge is 2.27. The van der Waals surface area contributed by atoms with Gasteiger partial charge in [0.1, 0.15) is 6.04 Å². The van der Waals surface area contributed by atoms with Crippen molar-refractivity contribution in [1.29, 1.82) is 0 Å². The van der Waals surface area contributed by atoms with Crippen LogP contribution >= 0.6 is 11.3 Å². The van der Waals surface area contributed by atoms with Crippen molar-refractivity contribution >= 4 is 29.1 Å². The van der Waals surface area contributed by atoms with Crippen LogP contribution in [0.3, 0.4) is 0 Å². The molecule has 6 nitrogen and oxygen atoms in total. The maximum atomic E-state index is 12.4. The number of amides is 2. The van der Waals surface area contributed by atoms with Crippen molar-refractivity contribution in [3.63, 3.8) is 0 Å². The minimum Gasteiger partial charge on any atom is -0.480 e. The van der Waals surface area contributed by atoms with Gasteiger partial charge in [0.05, 0.1) is 4.88 Å². The molecule has 7 heteroatoms. The van der Waals surface area contributed by atoms with Gasteiger partial charge in [-0.2, -0.15) is 0 Å². The van der Waals surface area contributed by atoms with E-state index >= 15 is 0 Å². The molecule has 1 aromatic rings. The number of carbonyl (C=O) groups excluding carboxylic acids is 2. The Morgan fingerprint density at radius 1 is 1.45 bits per heavy atom. The van der Waals surface area contributed by atoms with Gasteiger partial charge in [-0.3, -0.25) is 9.59 Å². The number of hydrogen-bond acceptors (Lipinski definition) is 4. The number of hydrogen-bond donors (Lipinski definition) is 2. The van der Waals surface area contributed by atoms with Gasteiger partial charge in [-0.05, 0) is 30.9 Å². The highest BCUT2D eigenvalue weighted by molar-refractivity contribution is 7.12. The first-order chi connectivity index (χ1) is 9.34. The second kappa shape index (κ2) is 7.04. The summed E-state index contributed by atoms with van der Waals surface area (Å²) in [7, 11) is 0. The molecule has 2 N–H and O–H groups in total. The van der Waals surface area contributed by atoms with Crippen molar-refractivity contribution in [2.45, 2.75) is 26.8 Å². The van der Waals surface area contributed by atoms with Crippen molar-refractivity contribution in [3.8, 4) is 0 Å². The predicted molar refractivity (Wildman–Crippen MR) is 75.9 cm³/mol. The standard InChI is InChI=1S/C13H18N2O4S/c1-8-4-7-20-11(8)12(17)15(9(2)13(18)19)6-5-14-10(3)16/h4,7,9H,5-6H2,1-3H3,(H,14,16)(H,18,19). The van der Waals surface area contributed by atoms with Gasteiger partial charge in [0, 0.05) is 20.0 Å². The minimum absolute atomic E-state index is 0.156. The molecule has 0 aliphatic heterocycles. The summed E-state index contributed by atoms with van der Waals surface area (Å²) in [6, 6.07) is 0.868. The highest BCUT2D eigenvalue weighted by atomic mass is 32.1. The molecule has 0 fully saturated rings. The van der Waals surface area contributed by atoms with Gasteiger partial charge in [-0.25, -0.2) is 4.79 Å². The molecule has 0 saturated heterocycles. The Morgan fingerprint density at radius 3 is 2.55 bits per heavy atom. The lowest BCUT2D eigenvalue weighted by Gasteiger charge is -2.26. The van der Waals surface area contributed by atoms with E-state index in [-0.39, 0.29) is 24.9 Å². The molecule has 1 rings (SSSR count). The average Bonchev–Trinajstić information content (AvgIpc) is 2.79. The number of aryl methyl sites for hydroxylation is 1. The van der Waals surface area contributed by atoms with E-state index in [0.29, 0.717) is 4.88 Å². The van der Waals surface area contributed by atoms with Crippen molar-refractivity contribution < 1.29 is 19.5 Å². The van der Waals surface area contributed by atoms with Gasteiger partial charge in [0.25, 0.3) is 5.91 Å². The maximum Gasteiger partial charge on any atom is 0.326 e. The summed E-state index contributed by atoms with van der Waals surface area (Å²) in [6.07, 6.45) is 0. The van der Waals surface area contributed by atoms with E-state index in [1.807, 2.05) is 6.07 Å². The van der Waals surface area contributed by atoms with Crippen LogP contribution in [0.1, 0.15) is 29.1 Å². The lowest BCUT2D eigenvalue weighted by atomic mass is 10.2. The summed E-state index contributed by atoms with van der Waals surface area (Å²) in [5.74, 6) is -1.61. The van der Waals surface area contributed by atoms with Gasteiger partial charge in [-0.1, -0.05) is 0 Å². The maximum absolute atomic E-state index is 12.4. The molecule has 1 atom stereocenters. The lowest BCUT2D eigenvalue weighted by Crippen LogP contribution is -2.46. The predicted octanol–water partition coefficient (Wildman–Crippen LogP) is 1.11. The zero-order chi connectivity index (χ0) is 15.3.